The highest BCUT2D eigenvalue weighted by molar-refractivity contribution is 5.80. The van der Waals surface area contributed by atoms with Crippen molar-refractivity contribution in [2.45, 2.75) is 32.6 Å². The highest BCUT2D eigenvalue weighted by Gasteiger charge is 2.03. The van der Waals surface area contributed by atoms with E-state index in [1.54, 1.807) is 12.1 Å². The second kappa shape index (κ2) is 10.7. The summed E-state index contributed by atoms with van der Waals surface area (Å²) in [5, 5.41) is 11.3. The first kappa shape index (κ1) is 18.3. The van der Waals surface area contributed by atoms with Crippen LogP contribution in [0.2, 0.25) is 0 Å². The fourth-order valence-corrected chi connectivity index (χ4v) is 2.18. The molecule has 0 heterocycles. The number of unbranched alkanes of at least 4 members (excludes halogenated alkanes) is 3. The van der Waals surface area contributed by atoms with E-state index in [4.69, 9.17) is 14.7 Å². The van der Waals surface area contributed by atoms with E-state index in [1.807, 2.05) is 48.7 Å². The Bertz CT molecular complexity index is 691. The van der Waals surface area contributed by atoms with Gasteiger partial charge >= 0.3 is 6.02 Å². The van der Waals surface area contributed by atoms with E-state index >= 15 is 0 Å². The van der Waals surface area contributed by atoms with Gasteiger partial charge in [0.1, 0.15) is 11.5 Å². The quantitative estimate of drug-likeness (QED) is 0.247. The van der Waals surface area contributed by atoms with Crippen molar-refractivity contribution in [3.05, 3.63) is 54.6 Å². The molecular weight excluding hydrogens is 314 g/mol. The van der Waals surface area contributed by atoms with E-state index in [2.05, 4.69) is 17.2 Å². The minimum absolute atomic E-state index is 0.127. The molecule has 0 fully saturated rings. The molecule has 0 unspecified atom stereocenters. The molecule has 25 heavy (non-hydrogen) atoms. The topological polar surface area (TPSA) is 66.6 Å². The van der Waals surface area contributed by atoms with Crippen LogP contribution >= 0.6 is 0 Å². The number of ether oxygens (including phenoxy) is 2. The molecule has 0 saturated heterocycles. The van der Waals surface area contributed by atoms with Crippen LogP contribution in [0.1, 0.15) is 32.6 Å². The molecular formula is C20H23N3O2. The summed E-state index contributed by atoms with van der Waals surface area (Å²) in [4.78, 5) is 4.31. The second-order valence-corrected chi connectivity index (χ2v) is 5.47. The number of aliphatic imine (C=N–C) groups is 1. The van der Waals surface area contributed by atoms with Crippen LogP contribution in [-0.4, -0.2) is 12.6 Å². The van der Waals surface area contributed by atoms with Gasteiger partial charge in [0.05, 0.1) is 12.3 Å². The zero-order valence-corrected chi connectivity index (χ0v) is 14.4. The van der Waals surface area contributed by atoms with E-state index < -0.39 is 0 Å². The Hall–Kier alpha value is -3.00. The SMILES string of the molecule is CCCCCCOc1ccc(N=C(NC#N)Oc2ccccc2)cc1. The van der Waals surface area contributed by atoms with Gasteiger partial charge in [0, 0.05) is 0 Å². The number of amidine groups is 1. The Morgan fingerprint density at radius 3 is 2.44 bits per heavy atom. The number of para-hydroxylation sites is 1. The van der Waals surface area contributed by atoms with Gasteiger partial charge in [-0.2, -0.15) is 10.3 Å². The van der Waals surface area contributed by atoms with Crippen molar-refractivity contribution in [2.75, 3.05) is 6.61 Å². The molecule has 0 aliphatic heterocycles. The van der Waals surface area contributed by atoms with Crippen molar-refractivity contribution in [1.82, 2.24) is 5.32 Å². The van der Waals surface area contributed by atoms with Crippen molar-refractivity contribution in [3.63, 3.8) is 0 Å². The lowest BCUT2D eigenvalue weighted by Gasteiger charge is -2.08. The minimum Gasteiger partial charge on any atom is -0.494 e. The Kier molecular flexibility index (Phi) is 7.86. The summed E-state index contributed by atoms with van der Waals surface area (Å²) in [6, 6.07) is 16.7. The fraction of sp³-hybridized carbons (Fsp3) is 0.300. The number of benzene rings is 2. The summed E-state index contributed by atoms with van der Waals surface area (Å²) in [5.41, 5.74) is 0.673. The fourth-order valence-electron chi connectivity index (χ4n) is 2.18. The van der Waals surface area contributed by atoms with Gasteiger partial charge in [-0.3, -0.25) is 0 Å². The number of nitriles is 1. The van der Waals surface area contributed by atoms with Crippen molar-refractivity contribution in [3.8, 4) is 17.7 Å². The Labute approximate surface area is 148 Å². The highest BCUT2D eigenvalue weighted by Crippen LogP contribution is 2.19. The average Bonchev–Trinajstić information content (AvgIpc) is 2.64. The first-order chi connectivity index (χ1) is 12.3. The Morgan fingerprint density at radius 1 is 1.00 bits per heavy atom. The van der Waals surface area contributed by atoms with Crippen LogP contribution in [0.25, 0.3) is 0 Å². The molecule has 5 heteroatoms. The van der Waals surface area contributed by atoms with Crippen LogP contribution in [0.15, 0.2) is 59.6 Å². The van der Waals surface area contributed by atoms with Crippen LogP contribution < -0.4 is 14.8 Å². The lowest BCUT2D eigenvalue weighted by atomic mass is 10.2. The van der Waals surface area contributed by atoms with Crippen molar-refractivity contribution in [2.24, 2.45) is 4.99 Å². The van der Waals surface area contributed by atoms with E-state index in [0.717, 1.165) is 18.8 Å². The second-order valence-electron chi connectivity index (χ2n) is 5.47. The molecule has 0 saturated carbocycles. The molecule has 0 aromatic heterocycles. The Balaban J connectivity index is 1.94. The largest absolute Gasteiger partial charge is 0.494 e. The number of nitrogens with zero attached hydrogens (tertiary/aromatic N) is 2. The van der Waals surface area contributed by atoms with E-state index in [1.165, 1.54) is 19.3 Å². The molecule has 2 aromatic rings. The number of rotatable bonds is 8. The smallest absolute Gasteiger partial charge is 0.309 e. The van der Waals surface area contributed by atoms with Gasteiger partial charge in [-0.05, 0) is 42.8 Å². The average molecular weight is 337 g/mol. The molecule has 2 rings (SSSR count). The molecule has 0 aliphatic rings. The molecule has 0 radical (unpaired) electrons. The van der Waals surface area contributed by atoms with Crippen LogP contribution in [-0.2, 0) is 0 Å². The summed E-state index contributed by atoms with van der Waals surface area (Å²) in [6.07, 6.45) is 6.55. The molecule has 2 aromatic carbocycles. The molecule has 0 spiro atoms. The first-order valence-electron chi connectivity index (χ1n) is 8.51. The van der Waals surface area contributed by atoms with E-state index in [-0.39, 0.29) is 6.02 Å². The molecule has 0 amide bonds. The number of hydrogen-bond donors (Lipinski definition) is 1. The van der Waals surface area contributed by atoms with Crippen LogP contribution in [0, 0.1) is 11.5 Å². The van der Waals surface area contributed by atoms with Gasteiger partial charge < -0.3 is 9.47 Å². The molecule has 0 bridgehead atoms. The van der Waals surface area contributed by atoms with Gasteiger partial charge in [-0.25, -0.2) is 5.32 Å². The summed E-state index contributed by atoms with van der Waals surface area (Å²) in [7, 11) is 0. The predicted octanol–water partition coefficient (Wildman–Crippen LogP) is 4.78. The van der Waals surface area contributed by atoms with Gasteiger partial charge in [0.25, 0.3) is 0 Å². The van der Waals surface area contributed by atoms with E-state index in [0.29, 0.717) is 11.4 Å². The molecule has 1 N–H and O–H groups in total. The summed E-state index contributed by atoms with van der Waals surface area (Å²) >= 11 is 0. The lowest BCUT2D eigenvalue weighted by Crippen LogP contribution is -2.23. The maximum Gasteiger partial charge on any atom is 0.309 e. The van der Waals surface area contributed by atoms with Crippen LogP contribution in [0.4, 0.5) is 5.69 Å². The zero-order chi connectivity index (χ0) is 17.7. The summed E-state index contributed by atoms with van der Waals surface area (Å²) in [6.45, 7) is 2.91. The van der Waals surface area contributed by atoms with Gasteiger partial charge in [0.15, 0.2) is 6.19 Å². The monoisotopic (exact) mass is 337 g/mol. The standard InChI is InChI=1S/C20H23N3O2/c1-2-3-4-8-15-24-18-13-11-17(12-14-18)23-20(22-16-21)25-19-9-6-5-7-10-19/h5-7,9-14H,2-4,8,15H2,1H3,(H,22,23). The zero-order valence-electron chi connectivity index (χ0n) is 14.4. The van der Waals surface area contributed by atoms with Crippen molar-refractivity contribution < 1.29 is 9.47 Å². The van der Waals surface area contributed by atoms with Gasteiger partial charge in [0.2, 0.25) is 0 Å². The normalized spacial score (nSPS) is 10.8. The van der Waals surface area contributed by atoms with E-state index in [9.17, 15) is 0 Å². The molecule has 130 valence electrons. The third-order valence-electron chi connectivity index (χ3n) is 3.45. The van der Waals surface area contributed by atoms with Gasteiger partial charge in [-0.15, -0.1) is 0 Å². The first-order valence-corrected chi connectivity index (χ1v) is 8.51. The highest BCUT2D eigenvalue weighted by atomic mass is 16.5. The van der Waals surface area contributed by atoms with Crippen LogP contribution in [0.3, 0.4) is 0 Å². The number of hydrogen-bond acceptors (Lipinski definition) is 4. The van der Waals surface area contributed by atoms with Gasteiger partial charge in [-0.1, -0.05) is 44.4 Å². The maximum atomic E-state index is 8.85. The summed E-state index contributed by atoms with van der Waals surface area (Å²) < 4.78 is 11.3. The minimum atomic E-state index is 0.127. The van der Waals surface area contributed by atoms with Crippen molar-refractivity contribution >= 4 is 11.7 Å². The summed E-state index contributed by atoms with van der Waals surface area (Å²) in [5.74, 6) is 1.42. The lowest BCUT2D eigenvalue weighted by molar-refractivity contribution is 0.305. The molecule has 5 nitrogen and oxygen atoms in total. The maximum absolute atomic E-state index is 8.85. The van der Waals surface area contributed by atoms with Crippen LogP contribution in [0.5, 0.6) is 11.5 Å². The predicted molar refractivity (Wildman–Crippen MR) is 99.0 cm³/mol. The third-order valence-corrected chi connectivity index (χ3v) is 3.45. The molecule has 0 aliphatic carbocycles. The van der Waals surface area contributed by atoms with Crippen molar-refractivity contribution in [1.29, 1.82) is 5.26 Å². The number of nitrogens with one attached hydrogen (secondary N) is 1. The molecule has 0 atom stereocenters. The third kappa shape index (κ3) is 6.96. The Morgan fingerprint density at radius 2 is 1.76 bits per heavy atom.